The zero-order valence-corrected chi connectivity index (χ0v) is 9.17. The lowest BCUT2D eigenvalue weighted by atomic mass is 10.3. The van der Waals surface area contributed by atoms with Crippen molar-refractivity contribution in [1.82, 2.24) is 14.8 Å². The maximum atomic E-state index is 12.9. The minimum Gasteiger partial charge on any atom is -0.324 e. The summed E-state index contributed by atoms with van der Waals surface area (Å²) < 4.78 is 14.1. The lowest BCUT2D eigenvalue weighted by molar-refractivity contribution is -0.116. The maximum Gasteiger partial charge on any atom is 0.252 e. The molecule has 0 spiro atoms. The zero-order valence-electron chi connectivity index (χ0n) is 9.17. The number of nitrogens with zero attached hydrogens (tertiary/aromatic N) is 4. The van der Waals surface area contributed by atoms with E-state index in [4.69, 9.17) is 5.26 Å². The smallest absolute Gasteiger partial charge is 0.252 e. The van der Waals surface area contributed by atoms with Crippen LogP contribution in [0.2, 0.25) is 0 Å². The molecule has 7 heteroatoms. The summed E-state index contributed by atoms with van der Waals surface area (Å²) in [6.45, 7) is -0.0921. The molecule has 0 fully saturated rings. The van der Waals surface area contributed by atoms with Gasteiger partial charge in [0.05, 0.1) is 0 Å². The fraction of sp³-hybridized carbons (Fsp3) is 0.0909. The molecule has 0 aliphatic rings. The summed E-state index contributed by atoms with van der Waals surface area (Å²) in [5.41, 5.74) is 0.362. The van der Waals surface area contributed by atoms with Crippen molar-refractivity contribution >= 4 is 11.6 Å². The van der Waals surface area contributed by atoms with E-state index in [9.17, 15) is 9.18 Å². The van der Waals surface area contributed by atoms with Crippen LogP contribution in [-0.2, 0) is 11.3 Å². The Labute approximate surface area is 102 Å². The van der Waals surface area contributed by atoms with E-state index in [-0.39, 0.29) is 18.3 Å². The van der Waals surface area contributed by atoms with E-state index in [1.54, 1.807) is 12.1 Å². The van der Waals surface area contributed by atoms with E-state index in [0.29, 0.717) is 5.69 Å². The number of carbonyl (C=O) groups excluding carboxylic acids is 1. The van der Waals surface area contributed by atoms with Crippen LogP contribution in [0.5, 0.6) is 0 Å². The predicted octanol–water partition coefficient (Wildman–Crippen LogP) is 0.928. The van der Waals surface area contributed by atoms with Gasteiger partial charge in [-0.1, -0.05) is 6.07 Å². The van der Waals surface area contributed by atoms with E-state index in [0.717, 1.165) is 0 Å². The molecule has 6 nitrogen and oxygen atoms in total. The topological polar surface area (TPSA) is 83.6 Å². The zero-order chi connectivity index (χ0) is 13.0. The molecule has 18 heavy (non-hydrogen) atoms. The molecule has 1 amide bonds. The van der Waals surface area contributed by atoms with Gasteiger partial charge in [0, 0.05) is 5.69 Å². The van der Waals surface area contributed by atoms with Crippen LogP contribution in [0.15, 0.2) is 30.6 Å². The van der Waals surface area contributed by atoms with Gasteiger partial charge in [-0.3, -0.25) is 4.79 Å². The molecule has 1 aromatic carbocycles. The molecule has 0 bridgehead atoms. The van der Waals surface area contributed by atoms with Crippen LogP contribution in [0.1, 0.15) is 5.82 Å². The van der Waals surface area contributed by atoms with E-state index in [1.807, 2.05) is 0 Å². The van der Waals surface area contributed by atoms with Crippen LogP contribution in [-0.4, -0.2) is 20.7 Å². The lowest BCUT2D eigenvalue weighted by Crippen LogP contribution is -2.19. The molecule has 0 saturated carbocycles. The van der Waals surface area contributed by atoms with Crippen LogP contribution in [0.4, 0.5) is 10.1 Å². The SMILES string of the molecule is N#Cc1ncn(CC(=O)Nc2cccc(F)c2)n1. The Morgan fingerprint density at radius 1 is 1.56 bits per heavy atom. The van der Waals surface area contributed by atoms with Gasteiger partial charge < -0.3 is 5.32 Å². The van der Waals surface area contributed by atoms with E-state index >= 15 is 0 Å². The van der Waals surface area contributed by atoms with Crippen molar-refractivity contribution in [2.24, 2.45) is 0 Å². The van der Waals surface area contributed by atoms with Crippen molar-refractivity contribution < 1.29 is 9.18 Å². The van der Waals surface area contributed by atoms with Gasteiger partial charge in [-0.15, -0.1) is 5.10 Å². The Kier molecular flexibility index (Phi) is 3.29. The maximum absolute atomic E-state index is 12.9. The standard InChI is InChI=1S/C11H8FN5O/c12-8-2-1-3-9(4-8)15-11(18)6-17-7-14-10(5-13)16-17/h1-4,7H,6H2,(H,15,18). The summed E-state index contributed by atoms with van der Waals surface area (Å²) in [6, 6.07) is 7.31. The summed E-state index contributed by atoms with van der Waals surface area (Å²) in [4.78, 5) is 15.2. The monoisotopic (exact) mass is 245 g/mol. The van der Waals surface area contributed by atoms with Crippen molar-refractivity contribution in [3.05, 3.63) is 42.2 Å². The van der Waals surface area contributed by atoms with Gasteiger partial charge in [-0.2, -0.15) is 5.26 Å². The van der Waals surface area contributed by atoms with E-state index < -0.39 is 5.82 Å². The van der Waals surface area contributed by atoms with Gasteiger partial charge in [-0.25, -0.2) is 14.1 Å². The molecule has 0 radical (unpaired) electrons. The molecule has 1 aromatic heterocycles. The van der Waals surface area contributed by atoms with Crippen molar-refractivity contribution in [2.45, 2.75) is 6.54 Å². The highest BCUT2D eigenvalue weighted by molar-refractivity contribution is 5.90. The number of nitriles is 1. The quantitative estimate of drug-likeness (QED) is 0.871. The van der Waals surface area contributed by atoms with Crippen molar-refractivity contribution in [3.63, 3.8) is 0 Å². The number of aromatic nitrogens is 3. The summed E-state index contributed by atoms with van der Waals surface area (Å²) in [7, 11) is 0. The number of benzene rings is 1. The Morgan fingerprint density at radius 3 is 3.06 bits per heavy atom. The molecule has 0 aliphatic heterocycles. The summed E-state index contributed by atoms with van der Waals surface area (Å²) in [6.07, 6.45) is 1.28. The molecule has 2 rings (SSSR count). The Bertz CT molecular complexity index is 616. The van der Waals surface area contributed by atoms with Crippen LogP contribution in [0.25, 0.3) is 0 Å². The highest BCUT2D eigenvalue weighted by Crippen LogP contribution is 2.08. The fourth-order valence-corrected chi connectivity index (χ4v) is 1.34. The van der Waals surface area contributed by atoms with Crippen molar-refractivity contribution in [2.75, 3.05) is 5.32 Å². The largest absolute Gasteiger partial charge is 0.324 e. The number of hydrogen-bond donors (Lipinski definition) is 1. The summed E-state index contributed by atoms with van der Waals surface area (Å²) >= 11 is 0. The van der Waals surface area contributed by atoms with Crippen LogP contribution in [0, 0.1) is 17.1 Å². The summed E-state index contributed by atoms with van der Waals surface area (Å²) in [5, 5.41) is 14.8. The van der Waals surface area contributed by atoms with Gasteiger partial charge in [0.25, 0.3) is 5.82 Å². The Balaban J connectivity index is 1.99. The highest BCUT2D eigenvalue weighted by Gasteiger charge is 2.06. The first-order valence-corrected chi connectivity index (χ1v) is 5.02. The lowest BCUT2D eigenvalue weighted by Gasteiger charge is -2.04. The normalized spacial score (nSPS) is 9.78. The third-order valence-electron chi connectivity index (χ3n) is 2.05. The van der Waals surface area contributed by atoms with Gasteiger partial charge in [0.15, 0.2) is 0 Å². The number of hydrogen-bond acceptors (Lipinski definition) is 4. The third-order valence-corrected chi connectivity index (χ3v) is 2.05. The third kappa shape index (κ3) is 2.89. The minimum absolute atomic E-state index is 0.00597. The first kappa shape index (κ1) is 11.7. The van der Waals surface area contributed by atoms with Crippen LogP contribution in [0.3, 0.4) is 0 Å². The fourth-order valence-electron chi connectivity index (χ4n) is 1.34. The highest BCUT2D eigenvalue weighted by atomic mass is 19.1. The second kappa shape index (κ2) is 5.05. The molecular formula is C11H8FN5O. The Morgan fingerprint density at radius 2 is 2.39 bits per heavy atom. The molecule has 0 unspecified atom stereocenters. The van der Waals surface area contributed by atoms with Gasteiger partial charge in [0.2, 0.25) is 5.91 Å². The van der Waals surface area contributed by atoms with Crippen LogP contribution < -0.4 is 5.32 Å². The number of halogens is 1. The van der Waals surface area contributed by atoms with Crippen molar-refractivity contribution in [1.29, 1.82) is 5.26 Å². The molecule has 0 atom stereocenters. The molecule has 90 valence electrons. The molecule has 1 N–H and O–H groups in total. The number of rotatable bonds is 3. The minimum atomic E-state index is -0.430. The molecule has 1 heterocycles. The molecule has 0 saturated heterocycles. The van der Waals surface area contributed by atoms with E-state index in [2.05, 4.69) is 15.4 Å². The molecule has 2 aromatic rings. The number of nitrogens with one attached hydrogen (secondary N) is 1. The van der Waals surface area contributed by atoms with Crippen LogP contribution >= 0.6 is 0 Å². The first-order valence-electron chi connectivity index (χ1n) is 5.02. The molecular weight excluding hydrogens is 237 g/mol. The average Bonchev–Trinajstić information content (AvgIpc) is 2.76. The summed E-state index contributed by atoms with van der Waals surface area (Å²) in [5.74, 6) is -0.816. The average molecular weight is 245 g/mol. The number of carbonyl (C=O) groups is 1. The van der Waals surface area contributed by atoms with Gasteiger partial charge >= 0.3 is 0 Å². The molecule has 0 aliphatic carbocycles. The number of amides is 1. The Hall–Kier alpha value is -2.75. The number of anilines is 1. The second-order valence-electron chi connectivity index (χ2n) is 3.44. The van der Waals surface area contributed by atoms with Crippen molar-refractivity contribution in [3.8, 4) is 6.07 Å². The van der Waals surface area contributed by atoms with Gasteiger partial charge in [0.1, 0.15) is 24.8 Å². The predicted molar refractivity (Wildman–Crippen MR) is 59.8 cm³/mol. The van der Waals surface area contributed by atoms with Gasteiger partial charge in [-0.05, 0) is 18.2 Å². The second-order valence-corrected chi connectivity index (χ2v) is 3.44. The first-order chi connectivity index (χ1) is 8.67. The van der Waals surface area contributed by atoms with E-state index in [1.165, 1.54) is 29.2 Å².